The summed E-state index contributed by atoms with van der Waals surface area (Å²) in [6.45, 7) is 1.75. The average Bonchev–Trinajstić information content (AvgIpc) is 3.09. The lowest BCUT2D eigenvalue weighted by Gasteiger charge is -2.26. The van der Waals surface area contributed by atoms with Gasteiger partial charge in [0.2, 0.25) is 0 Å². The van der Waals surface area contributed by atoms with E-state index in [1.165, 1.54) is 11.3 Å². The zero-order valence-electron chi connectivity index (χ0n) is 13.5. The molecule has 0 bridgehead atoms. The van der Waals surface area contributed by atoms with Crippen molar-refractivity contribution in [1.82, 2.24) is 0 Å². The van der Waals surface area contributed by atoms with Gasteiger partial charge in [-0.2, -0.15) is 0 Å². The minimum Gasteiger partial charge on any atom is -0.397 e. The third-order valence-electron chi connectivity index (χ3n) is 4.64. The minimum atomic E-state index is 0.313. The summed E-state index contributed by atoms with van der Waals surface area (Å²) in [5, 5.41) is 0. The first kappa shape index (κ1) is 14.6. The summed E-state index contributed by atoms with van der Waals surface area (Å²) in [4.78, 5) is 4.81. The normalized spacial score (nSPS) is 17.2. The van der Waals surface area contributed by atoms with E-state index in [0.717, 1.165) is 24.6 Å². The molecule has 1 fully saturated rings. The molecule has 3 aromatic carbocycles. The molecule has 3 nitrogen and oxygen atoms in total. The van der Waals surface area contributed by atoms with E-state index in [-0.39, 0.29) is 0 Å². The number of rotatable bonds is 3. The van der Waals surface area contributed by atoms with Gasteiger partial charge in [0.05, 0.1) is 24.1 Å². The highest BCUT2D eigenvalue weighted by Gasteiger charge is 2.32. The van der Waals surface area contributed by atoms with Gasteiger partial charge in [0, 0.05) is 12.2 Å². The molecule has 1 saturated heterocycles. The Morgan fingerprint density at radius 1 is 0.750 bits per heavy atom. The first-order valence-corrected chi connectivity index (χ1v) is 8.29. The van der Waals surface area contributed by atoms with Crippen molar-refractivity contribution in [1.29, 1.82) is 0 Å². The SMILES string of the molecule is Nc1ccccc1N1C[C@H](c2ccccc2)N(c2ccccc2)C1. The van der Waals surface area contributed by atoms with E-state index >= 15 is 0 Å². The van der Waals surface area contributed by atoms with Crippen molar-refractivity contribution in [3.63, 3.8) is 0 Å². The predicted molar refractivity (Wildman–Crippen MR) is 101 cm³/mol. The molecular weight excluding hydrogens is 294 g/mol. The molecule has 3 aromatic rings. The molecule has 3 heteroatoms. The lowest BCUT2D eigenvalue weighted by atomic mass is 10.1. The first-order valence-electron chi connectivity index (χ1n) is 8.29. The first-order chi connectivity index (χ1) is 11.8. The lowest BCUT2D eigenvalue weighted by molar-refractivity contribution is 0.763. The molecule has 1 aliphatic heterocycles. The Morgan fingerprint density at radius 3 is 2.08 bits per heavy atom. The van der Waals surface area contributed by atoms with Crippen molar-refractivity contribution < 1.29 is 0 Å². The van der Waals surface area contributed by atoms with Gasteiger partial charge in [0.1, 0.15) is 0 Å². The number of hydrogen-bond donors (Lipinski definition) is 1. The fourth-order valence-corrected chi connectivity index (χ4v) is 3.44. The predicted octanol–water partition coefficient (Wildman–Crippen LogP) is 4.29. The average molecular weight is 315 g/mol. The van der Waals surface area contributed by atoms with Crippen LogP contribution in [0.15, 0.2) is 84.9 Å². The van der Waals surface area contributed by atoms with Crippen molar-refractivity contribution in [2.24, 2.45) is 0 Å². The largest absolute Gasteiger partial charge is 0.397 e. The van der Waals surface area contributed by atoms with Crippen LogP contribution < -0.4 is 15.5 Å². The van der Waals surface area contributed by atoms with Crippen molar-refractivity contribution in [3.05, 3.63) is 90.5 Å². The quantitative estimate of drug-likeness (QED) is 0.732. The van der Waals surface area contributed by atoms with Crippen molar-refractivity contribution in [3.8, 4) is 0 Å². The number of benzene rings is 3. The number of hydrogen-bond acceptors (Lipinski definition) is 3. The van der Waals surface area contributed by atoms with E-state index in [0.29, 0.717) is 6.04 Å². The topological polar surface area (TPSA) is 32.5 Å². The van der Waals surface area contributed by atoms with E-state index < -0.39 is 0 Å². The van der Waals surface area contributed by atoms with Gasteiger partial charge in [-0.25, -0.2) is 0 Å². The fraction of sp³-hybridized carbons (Fsp3) is 0.143. The van der Waals surface area contributed by atoms with Crippen LogP contribution in [0.3, 0.4) is 0 Å². The van der Waals surface area contributed by atoms with Gasteiger partial charge < -0.3 is 15.5 Å². The minimum absolute atomic E-state index is 0.313. The van der Waals surface area contributed by atoms with Crippen molar-refractivity contribution in [2.45, 2.75) is 6.04 Å². The molecule has 0 unspecified atom stereocenters. The number of nitrogen functional groups attached to an aromatic ring is 1. The third kappa shape index (κ3) is 2.69. The van der Waals surface area contributed by atoms with Gasteiger partial charge in [-0.15, -0.1) is 0 Å². The van der Waals surface area contributed by atoms with Crippen LogP contribution >= 0.6 is 0 Å². The van der Waals surface area contributed by atoms with Crippen LogP contribution in [0.4, 0.5) is 17.1 Å². The second kappa shape index (κ2) is 6.28. The highest BCUT2D eigenvalue weighted by Crippen LogP contribution is 2.36. The summed E-state index contributed by atoms with van der Waals surface area (Å²) in [5.41, 5.74) is 10.7. The molecule has 0 aliphatic carbocycles. The summed E-state index contributed by atoms with van der Waals surface area (Å²) in [6, 6.07) is 29.7. The highest BCUT2D eigenvalue weighted by molar-refractivity contribution is 5.69. The Kier molecular flexibility index (Phi) is 3.83. The monoisotopic (exact) mass is 315 g/mol. The van der Waals surface area contributed by atoms with Gasteiger partial charge in [-0.1, -0.05) is 60.7 Å². The Bertz CT molecular complexity index is 754. The maximum absolute atomic E-state index is 6.21. The van der Waals surface area contributed by atoms with Crippen LogP contribution in [0.1, 0.15) is 11.6 Å². The van der Waals surface area contributed by atoms with Crippen LogP contribution in [-0.2, 0) is 0 Å². The van der Waals surface area contributed by atoms with Crippen LogP contribution in [0.2, 0.25) is 0 Å². The van der Waals surface area contributed by atoms with Gasteiger partial charge >= 0.3 is 0 Å². The molecule has 1 atom stereocenters. The molecule has 1 heterocycles. The van der Waals surface area contributed by atoms with Crippen LogP contribution in [0.25, 0.3) is 0 Å². The smallest absolute Gasteiger partial charge is 0.0911 e. The molecule has 24 heavy (non-hydrogen) atoms. The molecule has 4 rings (SSSR count). The van der Waals surface area contributed by atoms with Crippen LogP contribution in [0, 0.1) is 0 Å². The Balaban J connectivity index is 1.72. The molecule has 2 N–H and O–H groups in total. The number of nitrogens with two attached hydrogens (primary N) is 1. The maximum atomic E-state index is 6.21. The van der Waals surface area contributed by atoms with Gasteiger partial charge in [0.25, 0.3) is 0 Å². The zero-order chi connectivity index (χ0) is 16.4. The lowest BCUT2D eigenvalue weighted by Crippen LogP contribution is -2.26. The molecule has 0 saturated carbocycles. The van der Waals surface area contributed by atoms with E-state index in [1.54, 1.807) is 0 Å². The molecule has 120 valence electrons. The summed E-state index contributed by atoms with van der Waals surface area (Å²) in [7, 11) is 0. The zero-order valence-corrected chi connectivity index (χ0v) is 13.5. The van der Waals surface area contributed by atoms with E-state index in [1.807, 2.05) is 18.2 Å². The molecule has 0 amide bonds. The van der Waals surface area contributed by atoms with E-state index in [4.69, 9.17) is 5.73 Å². The summed E-state index contributed by atoms with van der Waals surface area (Å²) < 4.78 is 0. The number of para-hydroxylation sites is 3. The fourth-order valence-electron chi connectivity index (χ4n) is 3.44. The van der Waals surface area contributed by atoms with E-state index in [9.17, 15) is 0 Å². The van der Waals surface area contributed by atoms with E-state index in [2.05, 4.69) is 76.5 Å². The maximum Gasteiger partial charge on any atom is 0.0911 e. The highest BCUT2D eigenvalue weighted by atomic mass is 15.4. The van der Waals surface area contributed by atoms with Gasteiger partial charge in [0.15, 0.2) is 0 Å². The standard InChI is InChI=1S/C21H21N3/c22-19-13-7-8-14-20(19)23-15-21(17-9-3-1-4-10-17)24(16-23)18-11-5-2-6-12-18/h1-14,21H,15-16,22H2/t21-/m1/s1. The second-order valence-electron chi connectivity index (χ2n) is 6.15. The van der Waals surface area contributed by atoms with Gasteiger partial charge in [-0.3, -0.25) is 0 Å². The number of anilines is 3. The van der Waals surface area contributed by atoms with Gasteiger partial charge in [-0.05, 0) is 29.8 Å². The summed E-state index contributed by atoms with van der Waals surface area (Å²) in [6.07, 6.45) is 0. The molecule has 0 spiro atoms. The summed E-state index contributed by atoms with van der Waals surface area (Å²) in [5.74, 6) is 0. The van der Waals surface area contributed by atoms with Crippen LogP contribution in [-0.4, -0.2) is 13.2 Å². The van der Waals surface area contributed by atoms with Crippen molar-refractivity contribution >= 4 is 17.1 Å². The molecular formula is C21H21N3. The molecule has 1 aliphatic rings. The molecule has 0 aromatic heterocycles. The van der Waals surface area contributed by atoms with Crippen molar-refractivity contribution in [2.75, 3.05) is 28.7 Å². The number of nitrogens with zero attached hydrogens (tertiary/aromatic N) is 2. The van der Waals surface area contributed by atoms with Crippen LogP contribution in [0.5, 0.6) is 0 Å². The summed E-state index contributed by atoms with van der Waals surface area (Å²) >= 11 is 0. The third-order valence-corrected chi connectivity index (χ3v) is 4.64. The Morgan fingerprint density at radius 2 is 1.38 bits per heavy atom. The Labute approximate surface area is 142 Å². The second-order valence-corrected chi connectivity index (χ2v) is 6.15. The Hall–Kier alpha value is -2.94. The molecule has 0 radical (unpaired) electrons.